The van der Waals surface area contributed by atoms with E-state index in [1.54, 1.807) is 0 Å². The van der Waals surface area contributed by atoms with E-state index in [4.69, 9.17) is 6.42 Å². The first-order valence-corrected chi connectivity index (χ1v) is 4.32. The van der Waals surface area contributed by atoms with Gasteiger partial charge in [-0.25, -0.2) is 0 Å². The Morgan fingerprint density at radius 1 is 1.58 bits per heavy atom. The number of rotatable bonds is 0. The molecule has 12 heavy (non-hydrogen) atoms. The van der Waals surface area contributed by atoms with E-state index in [1.165, 1.54) is 5.57 Å². The molecule has 0 aliphatic heterocycles. The second kappa shape index (κ2) is 2.23. The maximum atomic E-state index is 11.3. The Hall–Kier alpha value is -1.03. The number of hydrogen-bond acceptors (Lipinski definition) is 1. The van der Waals surface area contributed by atoms with Crippen LogP contribution in [0.4, 0.5) is 0 Å². The number of terminal acetylenes is 1. The molecule has 0 heterocycles. The highest BCUT2D eigenvalue weighted by Gasteiger charge is 2.45. The predicted molar refractivity (Wildman–Crippen MR) is 47.4 cm³/mol. The smallest absolute Gasteiger partial charge is 0.135 e. The SMILES string of the molecule is C#C[C@]12CC(=C)[C@H](CC(=O)C1)C2. The van der Waals surface area contributed by atoms with Crippen molar-refractivity contribution in [1.29, 1.82) is 0 Å². The number of allylic oxidation sites excluding steroid dienone is 1. The van der Waals surface area contributed by atoms with E-state index in [2.05, 4.69) is 12.5 Å². The highest BCUT2D eigenvalue weighted by molar-refractivity contribution is 5.82. The number of Topliss-reactive ketones (excluding diaryl/α,β-unsaturated/α-hetero) is 1. The van der Waals surface area contributed by atoms with Gasteiger partial charge in [0.25, 0.3) is 0 Å². The minimum atomic E-state index is -0.142. The van der Waals surface area contributed by atoms with Crippen molar-refractivity contribution < 1.29 is 4.79 Å². The zero-order valence-electron chi connectivity index (χ0n) is 7.10. The van der Waals surface area contributed by atoms with Crippen molar-refractivity contribution in [3.63, 3.8) is 0 Å². The maximum absolute atomic E-state index is 11.3. The van der Waals surface area contributed by atoms with Gasteiger partial charge in [0.2, 0.25) is 0 Å². The van der Waals surface area contributed by atoms with E-state index < -0.39 is 0 Å². The van der Waals surface area contributed by atoms with Crippen molar-refractivity contribution >= 4 is 5.78 Å². The lowest BCUT2D eigenvalue weighted by Crippen LogP contribution is -2.24. The number of hydrogen-bond donors (Lipinski definition) is 0. The maximum Gasteiger partial charge on any atom is 0.135 e. The third-order valence-corrected chi connectivity index (χ3v) is 3.10. The van der Waals surface area contributed by atoms with Crippen molar-refractivity contribution in [2.75, 3.05) is 0 Å². The zero-order chi connectivity index (χ0) is 8.77. The summed E-state index contributed by atoms with van der Waals surface area (Å²) in [6.45, 7) is 3.98. The van der Waals surface area contributed by atoms with Gasteiger partial charge in [-0.3, -0.25) is 4.79 Å². The lowest BCUT2D eigenvalue weighted by Gasteiger charge is -2.25. The van der Waals surface area contributed by atoms with Crippen LogP contribution in [0.5, 0.6) is 0 Å². The molecule has 62 valence electrons. The van der Waals surface area contributed by atoms with Crippen LogP contribution < -0.4 is 0 Å². The van der Waals surface area contributed by atoms with Crippen LogP contribution in [0.15, 0.2) is 12.2 Å². The molecule has 0 amide bonds. The summed E-state index contributed by atoms with van der Waals surface area (Å²) in [6.07, 6.45) is 8.59. The largest absolute Gasteiger partial charge is 0.300 e. The molecule has 2 fully saturated rings. The summed E-state index contributed by atoms with van der Waals surface area (Å²) in [6, 6.07) is 0. The molecule has 1 nitrogen and oxygen atoms in total. The Balaban J connectivity index is 2.35. The Kier molecular flexibility index (Phi) is 1.41. The second-order valence-corrected chi connectivity index (χ2v) is 4.08. The van der Waals surface area contributed by atoms with Gasteiger partial charge in [0.15, 0.2) is 0 Å². The van der Waals surface area contributed by atoms with Gasteiger partial charge in [-0.2, -0.15) is 0 Å². The monoisotopic (exact) mass is 160 g/mol. The first-order valence-electron chi connectivity index (χ1n) is 4.32. The first kappa shape index (κ1) is 7.61. The molecule has 0 unspecified atom stereocenters. The van der Waals surface area contributed by atoms with Crippen molar-refractivity contribution in [3.05, 3.63) is 12.2 Å². The van der Waals surface area contributed by atoms with Gasteiger partial charge in [0.1, 0.15) is 5.78 Å². The first-order chi connectivity index (χ1) is 5.65. The van der Waals surface area contributed by atoms with Gasteiger partial charge in [-0.1, -0.05) is 18.1 Å². The lowest BCUT2D eigenvalue weighted by molar-refractivity contribution is -0.122. The van der Waals surface area contributed by atoms with E-state index >= 15 is 0 Å². The molecular formula is C11H12O. The molecule has 0 aromatic rings. The van der Waals surface area contributed by atoms with Crippen molar-refractivity contribution in [1.82, 2.24) is 0 Å². The third-order valence-electron chi connectivity index (χ3n) is 3.10. The number of carbonyl (C=O) groups excluding carboxylic acids is 1. The van der Waals surface area contributed by atoms with Crippen LogP contribution in [-0.4, -0.2) is 5.78 Å². The van der Waals surface area contributed by atoms with E-state index in [0.717, 1.165) is 12.8 Å². The van der Waals surface area contributed by atoms with Gasteiger partial charge in [-0.05, 0) is 18.8 Å². The molecular weight excluding hydrogens is 148 g/mol. The molecule has 2 atom stereocenters. The Bertz CT molecular complexity index is 291. The van der Waals surface area contributed by atoms with Crippen LogP contribution in [0.3, 0.4) is 0 Å². The molecule has 2 aliphatic carbocycles. The quantitative estimate of drug-likeness (QED) is 0.391. The average Bonchev–Trinajstić information content (AvgIpc) is 2.24. The molecule has 0 N–H and O–H groups in total. The standard InChI is InChI=1S/C11H12O/c1-3-11-5-8(2)9(6-11)4-10(12)7-11/h1,9H,2,4-7H2/t9-,11-/m1/s1. The Morgan fingerprint density at radius 3 is 3.00 bits per heavy atom. The highest BCUT2D eigenvalue weighted by Crippen LogP contribution is 2.51. The molecule has 2 saturated carbocycles. The lowest BCUT2D eigenvalue weighted by atomic mass is 9.76. The van der Waals surface area contributed by atoms with Crippen LogP contribution in [0.25, 0.3) is 0 Å². The fraction of sp³-hybridized carbons (Fsp3) is 0.545. The molecule has 2 bridgehead atoms. The number of carbonyl (C=O) groups is 1. The minimum Gasteiger partial charge on any atom is -0.300 e. The third kappa shape index (κ3) is 0.914. The molecule has 0 aromatic heterocycles. The summed E-state index contributed by atoms with van der Waals surface area (Å²) in [5, 5.41) is 0. The molecule has 2 rings (SSSR count). The van der Waals surface area contributed by atoms with E-state index in [0.29, 0.717) is 24.5 Å². The van der Waals surface area contributed by atoms with Gasteiger partial charge < -0.3 is 0 Å². The van der Waals surface area contributed by atoms with E-state index in [1.807, 2.05) is 0 Å². The normalized spacial score (nSPS) is 39.8. The minimum absolute atomic E-state index is 0.142. The molecule has 0 spiro atoms. The van der Waals surface area contributed by atoms with Crippen LogP contribution in [-0.2, 0) is 4.79 Å². The summed E-state index contributed by atoms with van der Waals surface area (Å²) in [4.78, 5) is 11.3. The second-order valence-electron chi connectivity index (χ2n) is 4.08. The Labute approximate surface area is 72.8 Å². The predicted octanol–water partition coefficient (Wildman–Crippen LogP) is 1.94. The van der Waals surface area contributed by atoms with Gasteiger partial charge >= 0.3 is 0 Å². The average molecular weight is 160 g/mol. The van der Waals surface area contributed by atoms with Gasteiger partial charge in [-0.15, -0.1) is 6.42 Å². The van der Waals surface area contributed by atoms with Crippen LogP contribution in [0.2, 0.25) is 0 Å². The van der Waals surface area contributed by atoms with Crippen molar-refractivity contribution in [3.8, 4) is 12.3 Å². The fourth-order valence-corrected chi connectivity index (χ4v) is 2.50. The van der Waals surface area contributed by atoms with Gasteiger partial charge in [0.05, 0.1) is 0 Å². The van der Waals surface area contributed by atoms with Crippen LogP contribution >= 0.6 is 0 Å². The topological polar surface area (TPSA) is 17.1 Å². The van der Waals surface area contributed by atoms with Crippen molar-refractivity contribution in [2.45, 2.75) is 25.7 Å². The molecule has 0 aromatic carbocycles. The Morgan fingerprint density at radius 2 is 2.33 bits per heavy atom. The summed E-state index contributed by atoms with van der Waals surface area (Å²) >= 11 is 0. The van der Waals surface area contributed by atoms with E-state index in [9.17, 15) is 4.79 Å². The summed E-state index contributed by atoms with van der Waals surface area (Å²) in [5.74, 6) is 3.50. The summed E-state index contributed by atoms with van der Waals surface area (Å²) < 4.78 is 0. The summed E-state index contributed by atoms with van der Waals surface area (Å²) in [7, 11) is 0. The number of fused-ring (bicyclic) bond motifs is 2. The zero-order valence-corrected chi connectivity index (χ0v) is 7.10. The van der Waals surface area contributed by atoms with Crippen molar-refractivity contribution in [2.24, 2.45) is 11.3 Å². The van der Waals surface area contributed by atoms with Crippen LogP contribution in [0.1, 0.15) is 25.7 Å². The van der Waals surface area contributed by atoms with Gasteiger partial charge in [0, 0.05) is 18.3 Å². The molecule has 2 aliphatic rings. The fourth-order valence-electron chi connectivity index (χ4n) is 2.50. The van der Waals surface area contributed by atoms with Crippen LogP contribution in [0, 0.1) is 23.7 Å². The highest BCUT2D eigenvalue weighted by atomic mass is 16.1. The number of ketones is 1. The molecule has 0 radical (unpaired) electrons. The molecule has 1 heteroatoms. The van der Waals surface area contributed by atoms with E-state index in [-0.39, 0.29) is 5.41 Å². The summed E-state index contributed by atoms with van der Waals surface area (Å²) in [5.41, 5.74) is 1.05. The molecule has 0 saturated heterocycles.